The Balaban J connectivity index is 1.42. The Bertz CT molecular complexity index is 601. The molecule has 2 heterocycles. The van der Waals surface area contributed by atoms with Crippen LogP contribution in [0.4, 0.5) is 5.13 Å². The van der Waals surface area contributed by atoms with Crippen molar-refractivity contribution in [3.63, 3.8) is 0 Å². The van der Waals surface area contributed by atoms with Crippen molar-refractivity contribution in [1.29, 1.82) is 0 Å². The van der Waals surface area contributed by atoms with Crippen molar-refractivity contribution in [1.82, 2.24) is 15.6 Å². The van der Waals surface area contributed by atoms with E-state index in [1.54, 1.807) is 16.9 Å². The highest BCUT2D eigenvalue weighted by atomic mass is 32.1. The topological polar surface area (TPSA) is 52.6 Å². The van der Waals surface area contributed by atoms with Gasteiger partial charge in [-0.25, -0.2) is 4.98 Å². The fourth-order valence-electron chi connectivity index (χ4n) is 3.56. The molecule has 0 spiro atoms. The number of anilines is 1. The van der Waals surface area contributed by atoms with Crippen LogP contribution in [-0.2, 0) is 6.42 Å². The van der Waals surface area contributed by atoms with Gasteiger partial charge in [-0.05, 0) is 51.9 Å². The van der Waals surface area contributed by atoms with Gasteiger partial charge in [0.25, 0.3) is 0 Å². The van der Waals surface area contributed by atoms with Crippen LogP contribution in [0.3, 0.4) is 0 Å². The number of rotatable bonds is 8. The fourth-order valence-corrected chi connectivity index (χ4v) is 4.48. The minimum atomic E-state index is 0.779. The maximum atomic E-state index is 4.79. The molecular weight excluding hydrogens is 342 g/mol. The van der Waals surface area contributed by atoms with Gasteiger partial charge in [-0.2, -0.15) is 0 Å². The van der Waals surface area contributed by atoms with Crippen LogP contribution in [0.2, 0.25) is 0 Å². The maximum Gasteiger partial charge on any atom is 0.191 e. The van der Waals surface area contributed by atoms with Gasteiger partial charge in [-0.1, -0.05) is 11.6 Å². The highest BCUT2D eigenvalue weighted by molar-refractivity contribution is 7.13. The predicted molar refractivity (Wildman–Crippen MR) is 112 cm³/mol. The maximum absolute atomic E-state index is 4.79. The summed E-state index contributed by atoms with van der Waals surface area (Å²) in [7, 11) is 0. The van der Waals surface area contributed by atoms with E-state index in [1.165, 1.54) is 49.4 Å². The Kier molecular flexibility index (Phi) is 7.80. The Morgan fingerprint density at radius 2 is 2.08 bits per heavy atom. The molecule has 3 rings (SSSR count). The molecule has 2 aliphatic rings. The lowest BCUT2D eigenvalue weighted by Gasteiger charge is -2.15. The van der Waals surface area contributed by atoms with E-state index in [0.29, 0.717) is 0 Å². The zero-order valence-corrected chi connectivity index (χ0v) is 16.9. The van der Waals surface area contributed by atoms with Crippen molar-refractivity contribution < 1.29 is 0 Å². The van der Waals surface area contributed by atoms with E-state index in [1.807, 2.05) is 0 Å². The zero-order chi connectivity index (χ0) is 18.0. The molecule has 2 N–H and O–H groups in total. The van der Waals surface area contributed by atoms with Crippen LogP contribution in [0, 0.1) is 0 Å². The monoisotopic (exact) mass is 375 g/mol. The van der Waals surface area contributed by atoms with Gasteiger partial charge in [0.1, 0.15) is 0 Å². The summed E-state index contributed by atoms with van der Waals surface area (Å²) in [6, 6.07) is 0. The summed E-state index contributed by atoms with van der Waals surface area (Å²) in [5, 5.41) is 10.2. The average Bonchev–Trinajstić information content (AvgIpc) is 3.34. The normalized spacial score (nSPS) is 18.1. The van der Waals surface area contributed by atoms with Crippen molar-refractivity contribution in [2.24, 2.45) is 4.99 Å². The van der Waals surface area contributed by atoms with E-state index < -0.39 is 0 Å². The van der Waals surface area contributed by atoms with Gasteiger partial charge in [0, 0.05) is 44.5 Å². The molecule has 26 heavy (non-hydrogen) atoms. The van der Waals surface area contributed by atoms with Crippen molar-refractivity contribution in [3.05, 3.63) is 22.7 Å². The number of aromatic nitrogens is 1. The Labute approximate surface area is 162 Å². The van der Waals surface area contributed by atoms with Crippen LogP contribution in [0.5, 0.6) is 0 Å². The second kappa shape index (κ2) is 10.6. The molecule has 6 heteroatoms. The van der Waals surface area contributed by atoms with Crippen LogP contribution < -0.4 is 15.5 Å². The molecule has 0 radical (unpaired) electrons. The molecule has 0 unspecified atom stereocenters. The first kappa shape index (κ1) is 19.2. The molecule has 1 saturated heterocycles. The zero-order valence-electron chi connectivity index (χ0n) is 16.1. The van der Waals surface area contributed by atoms with Crippen molar-refractivity contribution >= 4 is 22.4 Å². The van der Waals surface area contributed by atoms with Crippen molar-refractivity contribution in [2.75, 3.05) is 37.6 Å². The van der Waals surface area contributed by atoms with Gasteiger partial charge >= 0.3 is 0 Å². The first-order valence-corrected chi connectivity index (χ1v) is 11.1. The number of allylic oxidation sites excluding steroid dienone is 1. The van der Waals surface area contributed by atoms with E-state index in [9.17, 15) is 0 Å². The third-order valence-corrected chi connectivity index (χ3v) is 5.97. The average molecular weight is 376 g/mol. The van der Waals surface area contributed by atoms with Crippen LogP contribution in [0.1, 0.15) is 57.6 Å². The fraction of sp³-hybridized carbons (Fsp3) is 0.700. The number of aliphatic imine (C=N–C) groups is 1. The molecule has 1 aromatic rings. The highest BCUT2D eigenvalue weighted by Crippen LogP contribution is 2.24. The van der Waals surface area contributed by atoms with Crippen molar-refractivity contribution in [3.8, 4) is 0 Å². The minimum Gasteiger partial charge on any atom is -0.357 e. The van der Waals surface area contributed by atoms with Gasteiger partial charge in [-0.3, -0.25) is 4.99 Å². The number of nitrogens with zero attached hydrogens (tertiary/aromatic N) is 3. The molecular formula is C20H33N5S. The minimum absolute atomic E-state index is 0.779. The van der Waals surface area contributed by atoms with E-state index >= 15 is 0 Å². The number of guanidine groups is 1. The molecule has 1 aliphatic carbocycles. The molecule has 1 aromatic heterocycles. The third-order valence-electron chi connectivity index (χ3n) is 5.02. The number of thiazole rings is 1. The lowest BCUT2D eigenvalue weighted by Crippen LogP contribution is -2.38. The summed E-state index contributed by atoms with van der Waals surface area (Å²) in [4.78, 5) is 11.9. The Morgan fingerprint density at radius 3 is 2.85 bits per heavy atom. The predicted octanol–water partition coefficient (Wildman–Crippen LogP) is 3.73. The lowest BCUT2D eigenvalue weighted by molar-refractivity contribution is 0.665. The summed E-state index contributed by atoms with van der Waals surface area (Å²) in [6.45, 7) is 7.08. The van der Waals surface area contributed by atoms with E-state index in [0.717, 1.165) is 51.5 Å². The highest BCUT2D eigenvalue weighted by Gasteiger charge is 2.15. The molecule has 0 atom stereocenters. The largest absolute Gasteiger partial charge is 0.357 e. The van der Waals surface area contributed by atoms with Gasteiger partial charge < -0.3 is 15.5 Å². The molecule has 0 bridgehead atoms. The van der Waals surface area contributed by atoms with Crippen molar-refractivity contribution in [2.45, 2.75) is 58.3 Å². The van der Waals surface area contributed by atoms with Crippen LogP contribution in [-0.4, -0.2) is 43.7 Å². The first-order chi connectivity index (χ1) is 12.8. The van der Waals surface area contributed by atoms with Gasteiger partial charge in [-0.15, -0.1) is 11.3 Å². The van der Waals surface area contributed by atoms with Crippen LogP contribution in [0.15, 0.2) is 22.0 Å². The van der Waals surface area contributed by atoms with E-state index in [4.69, 9.17) is 9.98 Å². The van der Waals surface area contributed by atoms with Gasteiger partial charge in [0.05, 0.1) is 5.69 Å². The van der Waals surface area contributed by atoms with Gasteiger partial charge in [0.15, 0.2) is 11.1 Å². The summed E-state index contributed by atoms with van der Waals surface area (Å²) in [5.41, 5.74) is 2.78. The number of nitrogens with one attached hydrogen (secondary N) is 2. The second-order valence-electron chi connectivity index (χ2n) is 7.11. The first-order valence-electron chi connectivity index (χ1n) is 10.2. The molecule has 0 amide bonds. The molecule has 0 saturated carbocycles. The Morgan fingerprint density at radius 1 is 1.19 bits per heavy atom. The third kappa shape index (κ3) is 6.01. The van der Waals surface area contributed by atoms with Crippen LogP contribution in [0.25, 0.3) is 0 Å². The van der Waals surface area contributed by atoms with Gasteiger partial charge in [0.2, 0.25) is 0 Å². The number of hydrogen-bond acceptors (Lipinski definition) is 4. The lowest BCUT2D eigenvalue weighted by atomic mass is 9.97. The SMILES string of the molecule is CCNC(=NCCc1csc(N2CCCC2)n1)NCCC1=CCCCC1. The van der Waals surface area contributed by atoms with E-state index in [-0.39, 0.29) is 0 Å². The summed E-state index contributed by atoms with van der Waals surface area (Å²) in [5.74, 6) is 0.930. The summed E-state index contributed by atoms with van der Waals surface area (Å²) < 4.78 is 0. The summed E-state index contributed by atoms with van der Waals surface area (Å²) in [6.07, 6.45) is 12.3. The quantitative estimate of drug-likeness (QED) is 0.413. The Hall–Kier alpha value is -1.56. The smallest absolute Gasteiger partial charge is 0.191 e. The standard InChI is InChI=1S/C20H33N5S/c1-2-21-19(22-12-10-17-8-4-3-5-9-17)23-13-11-18-16-26-20(24-18)25-14-6-7-15-25/h8,16H,2-7,9-15H2,1H3,(H2,21,22,23). The molecule has 1 fully saturated rings. The molecule has 0 aromatic carbocycles. The van der Waals surface area contributed by atoms with Crippen LogP contribution >= 0.6 is 11.3 Å². The molecule has 5 nitrogen and oxygen atoms in total. The second-order valence-corrected chi connectivity index (χ2v) is 7.95. The molecule has 1 aliphatic heterocycles. The summed E-state index contributed by atoms with van der Waals surface area (Å²) >= 11 is 1.77. The number of hydrogen-bond donors (Lipinski definition) is 2. The molecule has 144 valence electrons. The van der Waals surface area contributed by atoms with E-state index in [2.05, 4.69) is 33.9 Å².